The first-order valence-electron chi connectivity index (χ1n) is 4.85. The smallest absolute Gasteiger partial charge is 0.291 e. The molecule has 0 radical (unpaired) electrons. The quantitative estimate of drug-likeness (QED) is 0.513. The van der Waals surface area contributed by atoms with E-state index in [9.17, 15) is 22.8 Å². The van der Waals surface area contributed by atoms with Crippen LogP contribution in [0.25, 0.3) is 0 Å². The minimum Gasteiger partial charge on any atom is -0.291 e. The van der Waals surface area contributed by atoms with E-state index in [4.69, 9.17) is 0 Å². The van der Waals surface area contributed by atoms with Gasteiger partial charge in [-0.05, 0) is 12.8 Å². The van der Waals surface area contributed by atoms with Crippen LogP contribution >= 0.6 is 0 Å². The van der Waals surface area contributed by atoms with Gasteiger partial charge >= 0.3 is 6.18 Å². The third kappa shape index (κ3) is 6.25. The standard InChI is InChI=1S/C10H15F3O2/c1-7(10(11,12)13)5-3-4-6-9(15)8(2)14/h7H,3-6H2,1-2H3. The van der Waals surface area contributed by atoms with E-state index in [-0.39, 0.29) is 12.8 Å². The fraction of sp³-hybridized carbons (Fsp3) is 0.800. The lowest BCUT2D eigenvalue weighted by Gasteiger charge is -2.14. The topological polar surface area (TPSA) is 34.1 Å². The summed E-state index contributed by atoms with van der Waals surface area (Å²) in [6.07, 6.45) is -3.43. The molecule has 88 valence electrons. The molecule has 0 bridgehead atoms. The molecule has 0 aliphatic rings. The molecule has 0 fully saturated rings. The van der Waals surface area contributed by atoms with Crippen LogP contribution in [0.15, 0.2) is 0 Å². The van der Waals surface area contributed by atoms with Gasteiger partial charge in [0.15, 0.2) is 11.6 Å². The molecule has 0 saturated heterocycles. The summed E-state index contributed by atoms with van der Waals surface area (Å²) >= 11 is 0. The molecule has 0 aliphatic heterocycles. The lowest BCUT2D eigenvalue weighted by molar-refractivity contribution is -0.171. The lowest BCUT2D eigenvalue weighted by Crippen LogP contribution is -2.19. The van der Waals surface area contributed by atoms with Crippen LogP contribution in [0.2, 0.25) is 0 Å². The SMILES string of the molecule is CC(=O)C(=O)CCCCC(C)C(F)(F)F. The van der Waals surface area contributed by atoms with Gasteiger partial charge in [-0.1, -0.05) is 13.3 Å². The second-order valence-corrected chi connectivity index (χ2v) is 3.67. The molecule has 0 N–H and O–H groups in total. The summed E-state index contributed by atoms with van der Waals surface area (Å²) in [6, 6.07) is 0. The number of carbonyl (C=O) groups excluding carboxylic acids is 2. The van der Waals surface area contributed by atoms with Gasteiger partial charge in [0.1, 0.15) is 0 Å². The molecular formula is C10H15F3O2. The van der Waals surface area contributed by atoms with E-state index in [0.29, 0.717) is 12.8 Å². The first kappa shape index (κ1) is 14.1. The zero-order chi connectivity index (χ0) is 12.1. The van der Waals surface area contributed by atoms with E-state index in [0.717, 1.165) is 6.92 Å². The Kier molecular flexibility index (Phi) is 5.54. The van der Waals surface area contributed by atoms with Gasteiger partial charge in [-0.2, -0.15) is 13.2 Å². The Bertz CT molecular complexity index is 233. The molecule has 0 rings (SSSR count). The number of rotatable bonds is 6. The number of hydrogen-bond acceptors (Lipinski definition) is 2. The van der Waals surface area contributed by atoms with Crippen molar-refractivity contribution < 1.29 is 22.8 Å². The number of unbranched alkanes of at least 4 members (excludes halogenated alkanes) is 1. The summed E-state index contributed by atoms with van der Waals surface area (Å²) in [5.74, 6) is -2.38. The minimum atomic E-state index is -4.16. The van der Waals surface area contributed by atoms with Crippen molar-refractivity contribution in [3.8, 4) is 0 Å². The van der Waals surface area contributed by atoms with Gasteiger partial charge < -0.3 is 0 Å². The Morgan fingerprint density at radius 3 is 2.13 bits per heavy atom. The Morgan fingerprint density at radius 1 is 1.20 bits per heavy atom. The van der Waals surface area contributed by atoms with Gasteiger partial charge in [0.05, 0.1) is 5.92 Å². The molecule has 0 saturated carbocycles. The van der Waals surface area contributed by atoms with Gasteiger partial charge in [0, 0.05) is 13.3 Å². The molecule has 1 unspecified atom stereocenters. The van der Waals surface area contributed by atoms with Crippen LogP contribution in [0.1, 0.15) is 39.5 Å². The van der Waals surface area contributed by atoms with E-state index in [1.807, 2.05) is 0 Å². The van der Waals surface area contributed by atoms with Crippen LogP contribution in [-0.2, 0) is 9.59 Å². The van der Waals surface area contributed by atoms with Gasteiger partial charge in [0.25, 0.3) is 0 Å². The largest absolute Gasteiger partial charge is 0.391 e. The van der Waals surface area contributed by atoms with E-state index >= 15 is 0 Å². The van der Waals surface area contributed by atoms with Gasteiger partial charge in [-0.15, -0.1) is 0 Å². The maximum absolute atomic E-state index is 12.0. The van der Waals surface area contributed by atoms with Crippen molar-refractivity contribution in [2.75, 3.05) is 0 Å². The number of hydrogen-bond donors (Lipinski definition) is 0. The van der Waals surface area contributed by atoms with Gasteiger partial charge in [-0.25, -0.2) is 0 Å². The van der Waals surface area contributed by atoms with Crippen LogP contribution in [0, 0.1) is 5.92 Å². The summed E-state index contributed by atoms with van der Waals surface area (Å²) in [4.78, 5) is 21.3. The van der Waals surface area contributed by atoms with Crippen LogP contribution < -0.4 is 0 Å². The van der Waals surface area contributed by atoms with Gasteiger partial charge in [-0.3, -0.25) is 9.59 Å². The molecule has 0 heterocycles. The van der Waals surface area contributed by atoms with Crippen molar-refractivity contribution in [3.05, 3.63) is 0 Å². The van der Waals surface area contributed by atoms with Crippen LogP contribution in [0.4, 0.5) is 13.2 Å². The molecule has 0 amide bonds. The van der Waals surface area contributed by atoms with E-state index < -0.39 is 23.7 Å². The molecule has 0 aromatic carbocycles. The van der Waals surface area contributed by atoms with Crippen molar-refractivity contribution in [1.82, 2.24) is 0 Å². The molecule has 2 nitrogen and oxygen atoms in total. The molecule has 0 aromatic rings. The predicted octanol–water partition coefficient (Wildman–Crippen LogP) is 2.90. The van der Waals surface area contributed by atoms with Crippen molar-refractivity contribution >= 4 is 11.6 Å². The highest BCUT2D eigenvalue weighted by molar-refractivity contribution is 6.36. The van der Waals surface area contributed by atoms with Crippen LogP contribution in [0.3, 0.4) is 0 Å². The fourth-order valence-corrected chi connectivity index (χ4v) is 1.08. The zero-order valence-electron chi connectivity index (χ0n) is 8.86. The maximum Gasteiger partial charge on any atom is 0.391 e. The van der Waals surface area contributed by atoms with E-state index in [1.165, 1.54) is 6.92 Å². The van der Waals surface area contributed by atoms with E-state index in [1.54, 1.807) is 0 Å². The van der Waals surface area contributed by atoms with Crippen molar-refractivity contribution in [3.63, 3.8) is 0 Å². The molecule has 15 heavy (non-hydrogen) atoms. The first-order chi connectivity index (χ1) is 6.75. The third-order valence-electron chi connectivity index (χ3n) is 2.24. The average Bonchev–Trinajstić information content (AvgIpc) is 2.09. The van der Waals surface area contributed by atoms with Crippen molar-refractivity contribution in [2.24, 2.45) is 5.92 Å². The van der Waals surface area contributed by atoms with E-state index in [2.05, 4.69) is 0 Å². The zero-order valence-corrected chi connectivity index (χ0v) is 8.86. The lowest BCUT2D eigenvalue weighted by atomic mass is 10.0. The van der Waals surface area contributed by atoms with Crippen molar-refractivity contribution in [2.45, 2.75) is 45.7 Å². The normalized spacial score (nSPS) is 13.7. The summed E-state index contributed by atoms with van der Waals surface area (Å²) in [7, 11) is 0. The van der Waals surface area contributed by atoms with Crippen molar-refractivity contribution in [1.29, 1.82) is 0 Å². The van der Waals surface area contributed by atoms with Gasteiger partial charge in [0.2, 0.25) is 0 Å². The fourth-order valence-electron chi connectivity index (χ4n) is 1.08. The minimum absolute atomic E-state index is 0.00862. The average molecular weight is 224 g/mol. The number of halogens is 3. The Morgan fingerprint density at radius 2 is 1.73 bits per heavy atom. The third-order valence-corrected chi connectivity index (χ3v) is 2.24. The Balaban J connectivity index is 3.64. The van der Waals surface area contributed by atoms with Crippen LogP contribution in [0.5, 0.6) is 0 Å². The number of alkyl halides is 3. The summed E-state index contributed by atoms with van der Waals surface area (Å²) in [6.45, 7) is 2.29. The highest BCUT2D eigenvalue weighted by Crippen LogP contribution is 2.29. The predicted molar refractivity (Wildman–Crippen MR) is 49.4 cm³/mol. The molecule has 0 aliphatic carbocycles. The molecule has 5 heteroatoms. The Hall–Kier alpha value is -0.870. The molecule has 0 aromatic heterocycles. The highest BCUT2D eigenvalue weighted by atomic mass is 19.4. The second kappa shape index (κ2) is 5.88. The summed E-state index contributed by atoms with van der Waals surface area (Å²) in [5.41, 5.74) is 0. The highest BCUT2D eigenvalue weighted by Gasteiger charge is 2.34. The maximum atomic E-state index is 12.0. The molecular weight excluding hydrogens is 209 g/mol. The number of Topliss-reactive ketones (excluding diaryl/α,β-unsaturated/α-hetero) is 2. The monoisotopic (exact) mass is 224 g/mol. The molecule has 0 spiro atoms. The first-order valence-corrected chi connectivity index (χ1v) is 4.85. The number of carbonyl (C=O) groups is 2. The van der Waals surface area contributed by atoms with Crippen LogP contribution in [-0.4, -0.2) is 17.7 Å². The summed E-state index contributed by atoms with van der Waals surface area (Å²) in [5, 5.41) is 0. The summed E-state index contributed by atoms with van der Waals surface area (Å²) < 4.78 is 36.1. The molecule has 1 atom stereocenters. The number of ketones is 2. The Labute approximate surface area is 86.8 Å². The second-order valence-electron chi connectivity index (χ2n) is 3.67.